The van der Waals surface area contributed by atoms with Crippen molar-refractivity contribution in [3.05, 3.63) is 65.7 Å². The molecule has 2 aromatic carbocycles. The Bertz CT molecular complexity index is 1020. The number of carbonyl (C=O) groups excluding carboxylic acids is 2. The van der Waals surface area contributed by atoms with Crippen LogP contribution >= 0.6 is 0 Å². The van der Waals surface area contributed by atoms with Crippen molar-refractivity contribution in [3.8, 4) is 0 Å². The Balaban J connectivity index is 1.54. The number of hydrazine groups is 1. The minimum absolute atomic E-state index is 0.148. The van der Waals surface area contributed by atoms with Crippen LogP contribution in [0.4, 0.5) is 0 Å². The molecule has 2 aromatic rings. The van der Waals surface area contributed by atoms with Crippen molar-refractivity contribution in [1.82, 2.24) is 20.1 Å². The molecule has 0 spiro atoms. The fourth-order valence-corrected chi connectivity index (χ4v) is 4.94. The minimum Gasteiger partial charge on any atom is -0.296 e. The summed E-state index contributed by atoms with van der Waals surface area (Å²) >= 11 is 0. The van der Waals surface area contributed by atoms with Gasteiger partial charge in [-0.1, -0.05) is 44.2 Å². The molecular weight excluding hydrogens is 428 g/mol. The lowest BCUT2D eigenvalue weighted by atomic mass is 10.1. The Morgan fingerprint density at radius 2 is 1.53 bits per heavy atom. The van der Waals surface area contributed by atoms with Gasteiger partial charge in [-0.25, -0.2) is 8.42 Å². The zero-order valence-electron chi connectivity index (χ0n) is 18.5. The molecule has 3 rings (SSSR count). The van der Waals surface area contributed by atoms with Crippen LogP contribution in [-0.2, 0) is 21.4 Å². The first kappa shape index (κ1) is 23.9. The number of hydrogen-bond acceptors (Lipinski definition) is 5. The Morgan fingerprint density at radius 1 is 0.906 bits per heavy atom. The average Bonchev–Trinajstić information content (AvgIpc) is 2.78. The van der Waals surface area contributed by atoms with E-state index in [-0.39, 0.29) is 22.3 Å². The van der Waals surface area contributed by atoms with Gasteiger partial charge in [0.15, 0.2) is 0 Å². The summed E-state index contributed by atoms with van der Waals surface area (Å²) in [6.07, 6.45) is 0.302. The second-order valence-corrected chi connectivity index (χ2v) is 10.2. The zero-order valence-corrected chi connectivity index (χ0v) is 19.3. The van der Waals surface area contributed by atoms with Crippen molar-refractivity contribution in [2.24, 2.45) is 5.92 Å². The lowest BCUT2D eigenvalue weighted by Crippen LogP contribution is -2.48. The Hall–Kier alpha value is -2.75. The topological polar surface area (TPSA) is 98.8 Å². The van der Waals surface area contributed by atoms with E-state index in [1.807, 2.05) is 32.0 Å². The molecule has 8 nitrogen and oxygen atoms in total. The van der Waals surface area contributed by atoms with Crippen molar-refractivity contribution < 1.29 is 18.0 Å². The van der Waals surface area contributed by atoms with E-state index in [0.29, 0.717) is 32.6 Å². The van der Waals surface area contributed by atoms with E-state index in [9.17, 15) is 18.0 Å². The van der Waals surface area contributed by atoms with Crippen LogP contribution < -0.4 is 10.9 Å². The smallest absolute Gasteiger partial charge is 0.269 e. The third kappa shape index (κ3) is 6.38. The van der Waals surface area contributed by atoms with E-state index >= 15 is 0 Å². The van der Waals surface area contributed by atoms with Gasteiger partial charge >= 0.3 is 0 Å². The molecule has 9 heteroatoms. The van der Waals surface area contributed by atoms with Crippen LogP contribution in [-0.4, -0.2) is 55.6 Å². The van der Waals surface area contributed by atoms with Crippen LogP contribution in [0.25, 0.3) is 0 Å². The number of carbonyl (C=O) groups is 2. The monoisotopic (exact) mass is 458 g/mol. The number of nitrogens with zero attached hydrogens (tertiary/aromatic N) is 2. The van der Waals surface area contributed by atoms with Crippen LogP contribution in [0.2, 0.25) is 0 Å². The molecule has 2 amide bonds. The van der Waals surface area contributed by atoms with Crippen LogP contribution in [0.3, 0.4) is 0 Å². The summed E-state index contributed by atoms with van der Waals surface area (Å²) in [6.45, 7) is 6.76. The summed E-state index contributed by atoms with van der Waals surface area (Å²) in [4.78, 5) is 26.2. The standard InChI is InChI=1S/C23H30N4O4S/c1-18(2)16-22(28)24-25-23(29)20-8-10-21(11-9-20)32(30,31)27-14-12-26(13-15-27)17-19-6-4-3-5-7-19/h3-11,18H,12-17H2,1-2H3,(H,24,28)(H,25,29). The van der Waals surface area contributed by atoms with Gasteiger partial charge in [-0.15, -0.1) is 0 Å². The zero-order chi connectivity index (χ0) is 23.1. The van der Waals surface area contributed by atoms with Crippen molar-refractivity contribution >= 4 is 21.8 Å². The van der Waals surface area contributed by atoms with Gasteiger partial charge in [0, 0.05) is 44.7 Å². The van der Waals surface area contributed by atoms with Gasteiger partial charge in [0.2, 0.25) is 15.9 Å². The van der Waals surface area contributed by atoms with E-state index in [1.54, 1.807) is 0 Å². The minimum atomic E-state index is -3.63. The molecule has 0 atom stereocenters. The molecule has 0 aliphatic carbocycles. The second-order valence-electron chi connectivity index (χ2n) is 8.29. The Labute approximate surface area is 189 Å². The van der Waals surface area contributed by atoms with Gasteiger partial charge in [0.1, 0.15) is 0 Å². The highest BCUT2D eigenvalue weighted by Crippen LogP contribution is 2.19. The highest BCUT2D eigenvalue weighted by Gasteiger charge is 2.28. The Kier molecular flexibility index (Phi) is 8.00. The maximum Gasteiger partial charge on any atom is 0.269 e. The molecule has 0 radical (unpaired) electrons. The fraction of sp³-hybridized carbons (Fsp3) is 0.391. The molecule has 0 aromatic heterocycles. The summed E-state index contributed by atoms with van der Waals surface area (Å²) in [5.41, 5.74) is 6.18. The van der Waals surface area contributed by atoms with Gasteiger partial charge in [-0.05, 0) is 35.7 Å². The van der Waals surface area contributed by atoms with Gasteiger partial charge in [-0.2, -0.15) is 4.31 Å². The van der Waals surface area contributed by atoms with Crippen molar-refractivity contribution in [2.45, 2.75) is 31.7 Å². The first-order chi connectivity index (χ1) is 15.3. The largest absolute Gasteiger partial charge is 0.296 e. The number of amides is 2. The second kappa shape index (κ2) is 10.7. The van der Waals surface area contributed by atoms with E-state index in [1.165, 1.54) is 34.1 Å². The number of hydrogen-bond donors (Lipinski definition) is 2. The van der Waals surface area contributed by atoms with E-state index in [0.717, 1.165) is 6.54 Å². The molecule has 0 unspecified atom stereocenters. The molecule has 1 aliphatic heterocycles. The number of benzene rings is 2. The lowest BCUT2D eigenvalue weighted by Gasteiger charge is -2.34. The molecule has 32 heavy (non-hydrogen) atoms. The molecule has 0 saturated carbocycles. The molecule has 0 bridgehead atoms. The summed E-state index contributed by atoms with van der Waals surface area (Å²) in [6, 6.07) is 15.9. The van der Waals surface area contributed by atoms with Gasteiger partial charge in [0.05, 0.1) is 4.90 Å². The maximum atomic E-state index is 13.0. The highest BCUT2D eigenvalue weighted by molar-refractivity contribution is 7.89. The van der Waals surface area contributed by atoms with Crippen molar-refractivity contribution in [2.75, 3.05) is 26.2 Å². The fourth-order valence-electron chi connectivity index (χ4n) is 3.52. The molecule has 2 N–H and O–H groups in total. The molecule has 1 fully saturated rings. The van der Waals surface area contributed by atoms with Crippen LogP contribution in [0.5, 0.6) is 0 Å². The normalized spacial score (nSPS) is 15.5. The molecule has 172 valence electrons. The number of rotatable bonds is 7. The van der Waals surface area contributed by atoms with E-state index < -0.39 is 15.9 Å². The predicted molar refractivity (Wildman–Crippen MR) is 122 cm³/mol. The SMILES string of the molecule is CC(C)CC(=O)NNC(=O)c1ccc(S(=O)(=O)N2CCN(Cc3ccccc3)CC2)cc1. The molecule has 1 heterocycles. The Morgan fingerprint density at radius 3 is 2.12 bits per heavy atom. The number of sulfonamides is 1. The van der Waals surface area contributed by atoms with Crippen LogP contribution in [0.1, 0.15) is 36.2 Å². The summed E-state index contributed by atoms with van der Waals surface area (Å²) in [7, 11) is -3.63. The number of piperazine rings is 1. The van der Waals surface area contributed by atoms with Gasteiger partial charge in [0.25, 0.3) is 5.91 Å². The summed E-state index contributed by atoms with van der Waals surface area (Å²) in [5.74, 6) is -0.601. The average molecular weight is 459 g/mol. The number of nitrogens with one attached hydrogen (secondary N) is 2. The van der Waals surface area contributed by atoms with Crippen molar-refractivity contribution in [3.63, 3.8) is 0 Å². The predicted octanol–water partition coefficient (Wildman–Crippen LogP) is 2.00. The highest BCUT2D eigenvalue weighted by atomic mass is 32.2. The first-order valence-electron chi connectivity index (χ1n) is 10.7. The first-order valence-corrected chi connectivity index (χ1v) is 12.2. The molecule has 1 aliphatic rings. The van der Waals surface area contributed by atoms with Crippen LogP contribution in [0, 0.1) is 5.92 Å². The summed E-state index contributed by atoms with van der Waals surface area (Å²) < 4.78 is 27.5. The third-order valence-corrected chi connectivity index (χ3v) is 7.16. The van der Waals surface area contributed by atoms with Crippen molar-refractivity contribution in [1.29, 1.82) is 0 Å². The molecule has 1 saturated heterocycles. The summed E-state index contributed by atoms with van der Waals surface area (Å²) in [5, 5.41) is 0. The van der Waals surface area contributed by atoms with Gasteiger partial charge < -0.3 is 0 Å². The molecular formula is C23H30N4O4S. The quantitative estimate of drug-likeness (QED) is 0.619. The van der Waals surface area contributed by atoms with E-state index in [4.69, 9.17) is 0 Å². The third-order valence-electron chi connectivity index (χ3n) is 5.24. The maximum absolute atomic E-state index is 13.0. The lowest BCUT2D eigenvalue weighted by molar-refractivity contribution is -0.122. The van der Waals surface area contributed by atoms with E-state index in [2.05, 4.69) is 27.9 Å². The van der Waals surface area contributed by atoms with Crippen LogP contribution in [0.15, 0.2) is 59.5 Å². The van der Waals surface area contributed by atoms with Gasteiger partial charge in [-0.3, -0.25) is 25.3 Å².